The molecule has 0 aromatic rings. The molecule has 0 N–H and O–H groups in total. The summed E-state index contributed by atoms with van der Waals surface area (Å²) < 4.78 is 9.92. The van der Waals surface area contributed by atoms with Crippen LogP contribution in [0, 0.1) is 0 Å². The minimum absolute atomic E-state index is 0.246. The maximum atomic E-state index is 11.5. The fraction of sp³-hybridized carbons (Fsp3) is 0.900. The summed E-state index contributed by atoms with van der Waals surface area (Å²) in [6.07, 6.45) is 35.1. The first-order chi connectivity index (χ1) is 16.3. The number of esters is 1. The van der Waals surface area contributed by atoms with Crippen molar-refractivity contribution in [2.24, 2.45) is 0 Å². The molecule has 0 amide bonds. The second-order valence-electron chi connectivity index (χ2n) is 9.80. The highest BCUT2D eigenvalue weighted by Gasteiger charge is 2.17. The van der Waals surface area contributed by atoms with Crippen LogP contribution in [0.4, 0.5) is 0 Å². The second-order valence-corrected chi connectivity index (χ2v) is 9.80. The molecule has 0 saturated carbocycles. The van der Waals surface area contributed by atoms with Gasteiger partial charge in [0, 0.05) is 7.11 Å². The van der Waals surface area contributed by atoms with Crippen molar-refractivity contribution in [2.45, 2.75) is 161 Å². The van der Waals surface area contributed by atoms with Gasteiger partial charge in [-0.2, -0.15) is 0 Å². The smallest absolute Gasteiger partial charge is 0.334 e. The van der Waals surface area contributed by atoms with Crippen LogP contribution in [0.5, 0.6) is 0 Å². The Bertz CT molecular complexity index is 419. The minimum atomic E-state index is -0.382. The first-order valence-electron chi connectivity index (χ1n) is 14.5. The fourth-order valence-electron chi connectivity index (χ4n) is 4.45. The predicted molar refractivity (Wildman–Crippen MR) is 144 cm³/mol. The first kappa shape index (κ1) is 32.2. The lowest BCUT2D eigenvalue weighted by molar-refractivity contribution is -0.152. The van der Waals surface area contributed by atoms with Crippen LogP contribution in [0.25, 0.3) is 0 Å². The van der Waals surface area contributed by atoms with E-state index in [2.05, 4.69) is 19.1 Å². The molecule has 0 radical (unpaired) electrons. The van der Waals surface area contributed by atoms with Gasteiger partial charge in [0.25, 0.3) is 0 Å². The Balaban J connectivity index is 3.17. The van der Waals surface area contributed by atoms with Gasteiger partial charge in [0.15, 0.2) is 6.10 Å². The van der Waals surface area contributed by atoms with Crippen molar-refractivity contribution < 1.29 is 14.3 Å². The fourth-order valence-corrected chi connectivity index (χ4v) is 4.45. The van der Waals surface area contributed by atoms with Crippen LogP contribution in [0.15, 0.2) is 12.2 Å². The lowest BCUT2D eigenvalue weighted by Gasteiger charge is -2.12. The molecule has 1 atom stereocenters. The normalized spacial score (nSPS) is 12.5. The number of unbranched alkanes of at least 4 members (excludes halogenated alkanes) is 20. The van der Waals surface area contributed by atoms with E-state index in [1.54, 1.807) is 7.11 Å². The van der Waals surface area contributed by atoms with Crippen LogP contribution in [-0.2, 0) is 14.3 Å². The van der Waals surface area contributed by atoms with Crippen molar-refractivity contribution >= 4 is 5.97 Å². The molecule has 0 aliphatic heterocycles. The number of hydrogen-bond donors (Lipinski definition) is 0. The molecule has 196 valence electrons. The van der Waals surface area contributed by atoms with Crippen molar-refractivity contribution in [1.29, 1.82) is 0 Å². The molecular weight excluding hydrogens is 408 g/mol. The van der Waals surface area contributed by atoms with Crippen molar-refractivity contribution in [3.8, 4) is 0 Å². The number of allylic oxidation sites excluding steroid dienone is 2. The molecule has 0 fully saturated rings. The van der Waals surface area contributed by atoms with Gasteiger partial charge in [-0.25, -0.2) is 4.79 Å². The zero-order chi connectivity index (χ0) is 24.2. The highest BCUT2D eigenvalue weighted by Crippen LogP contribution is 2.15. The standard InChI is InChI=1S/C30H58O3/c1-4-5-6-7-8-9-10-11-12-13-14-15-16-17-18-19-20-21-22-23-24-25-26-27-28-29(32-2)30(31)33-3/h9-10,29H,4-8,11-28H2,1-3H3. The maximum absolute atomic E-state index is 11.5. The van der Waals surface area contributed by atoms with Gasteiger partial charge in [-0.05, 0) is 32.1 Å². The molecule has 0 aromatic carbocycles. The summed E-state index contributed by atoms with van der Waals surface area (Å²) in [4.78, 5) is 11.5. The summed E-state index contributed by atoms with van der Waals surface area (Å²) in [5.41, 5.74) is 0. The van der Waals surface area contributed by atoms with Crippen LogP contribution in [-0.4, -0.2) is 26.3 Å². The lowest BCUT2D eigenvalue weighted by atomic mass is 10.0. The number of methoxy groups -OCH3 is 2. The molecule has 1 unspecified atom stereocenters. The average Bonchev–Trinajstić information content (AvgIpc) is 2.83. The SMILES string of the molecule is CCCCCCC=CCCCCCCCCCCCCCCCCCCC(OC)C(=O)OC. The van der Waals surface area contributed by atoms with Gasteiger partial charge in [0.2, 0.25) is 0 Å². The number of hydrogen-bond acceptors (Lipinski definition) is 3. The van der Waals surface area contributed by atoms with Gasteiger partial charge in [0.1, 0.15) is 0 Å². The summed E-state index contributed by atoms with van der Waals surface area (Å²) in [5.74, 6) is -0.246. The topological polar surface area (TPSA) is 35.5 Å². The van der Waals surface area contributed by atoms with Crippen LogP contribution >= 0.6 is 0 Å². The third-order valence-corrected chi connectivity index (χ3v) is 6.73. The molecule has 3 nitrogen and oxygen atoms in total. The van der Waals surface area contributed by atoms with E-state index in [0.29, 0.717) is 0 Å². The molecule has 3 heteroatoms. The van der Waals surface area contributed by atoms with Gasteiger partial charge >= 0.3 is 5.97 Å². The van der Waals surface area contributed by atoms with E-state index < -0.39 is 0 Å². The van der Waals surface area contributed by atoms with Gasteiger partial charge < -0.3 is 9.47 Å². The van der Waals surface area contributed by atoms with E-state index in [1.807, 2.05) is 0 Å². The van der Waals surface area contributed by atoms with E-state index in [0.717, 1.165) is 12.8 Å². The summed E-state index contributed by atoms with van der Waals surface area (Å²) >= 11 is 0. The summed E-state index contributed by atoms with van der Waals surface area (Å²) in [6.45, 7) is 2.28. The molecule has 0 saturated heterocycles. The van der Waals surface area contributed by atoms with E-state index >= 15 is 0 Å². The largest absolute Gasteiger partial charge is 0.467 e. The Morgan fingerprint density at radius 1 is 0.576 bits per heavy atom. The highest BCUT2D eigenvalue weighted by atomic mass is 16.6. The zero-order valence-electron chi connectivity index (χ0n) is 22.7. The van der Waals surface area contributed by atoms with E-state index in [9.17, 15) is 4.79 Å². The Morgan fingerprint density at radius 3 is 1.30 bits per heavy atom. The average molecular weight is 467 g/mol. The molecule has 33 heavy (non-hydrogen) atoms. The summed E-state index contributed by atoms with van der Waals surface area (Å²) in [5, 5.41) is 0. The van der Waals surface area contributed by atoms with Gasteiger partial charge in [0.05, 0.1) is 7.11 Å². The van der Waals surface area contributed by atoms with Gasteiger partial charge in [-0.15, -0.1) is 0 Å². The van der Waals surface area contributed by atoms with Crippen LogP contribution in [0.3, 0.4) is 0 Å². The third-order valence-electron chi connectivity index (χ3n) is 6.73. The van der Waals surface area contributed by atoms with Crippen molar-refractivity contribution in [2.75, 3.05) is 14.2 Å². The van der Waals surface area contributed by atoms with Gasteiger partial charge in [-0.3, -0.25) is 0 Å². The molecule has 0 aromatic heterocycles. The molecular formula is C30H58O3. The Labute approximate surface area is 207 Å². The number of ether oxygens (including phenoxy) is 2. The van der Waals surface area contributed by atoms with Crippen LogP contribution in [0.1, 0.15) is 155 Å². The van der Waals surface area contributed by atoms with Gasteiger partial charge in [-0.1, -0.05) is 135 Å². The lowest BCUT2D eigenvalue weighted by Crippen LogP contribution is -2.24. The maximum Gasteiger partial charge on any atom is 0.334 e. The molecule has 0 spiro atoms. The van der Waals surface area contributed by atoms with Crippen LogP contribution in [0.2, 0.25) is 0 Å². The molecule has 0 aliphatic carbocycles. The third kappa shape index (κ3) is 24.1. The number of carbonyl (C=O) groups excluding carboxylic acids is 1. The summed E-state index contributed by atoms with van der Waals surface area (Å²) in [7, 11) is 3.01. The molecule has 0 heterocycles. The highest BCUT2D eigenvalue weighted by molar-refractivity contribution is 5.74. The number of carbonyl (C=O) groups is 1. The van der Waals surface area contributed by atoms with E-state index in [4.69, 9.17) is 9.47 Å². The predicted octanol–water partition coefficient (Wildman–Crippen LogP) is 9.72. The minimum Gasteiger partial charge on any atom is -0.467 e. The zero-order valence-corrected chi connectivity index (χ0v) is 22.7. The van der Waals surface area contributed by atoms with Crippen molar-refractivity contribution in [3.05, 3.63) is 12.2 Å². The molecule has 0 bridgehead atoms. The quantitative estimate of drug-likeness (QED) is 0.0722. The van der Waals surface area contributed by atoms with E-state index in [-0.39, 0.29) is 12.1 Å². The summed E-state index contributed by atoms with van der Waals surface area (Å²) in [6, 6.07) is 0. The second kappa shape index (κ2) is 27.4. The molecule has 0 rings (SSSR count). The van der Waals surface area contributed by atoms with Crippen molar-refractivity contribution in [3.63, 3.8) is 0 Å². The number of rotatable bonds is 26. The Morgan fingerprint density at radius 2 is 0.939 bits per heavy atom. The first-order valence-corrected chi connectivity index (χ1v) is 14.5. The van der Waals surface area contributed by atoms with Crippen LogP contribution < -0.4 is 0 Å². The molecule has 0 aliphatic rings. The monoisotopic (exact) mass is 466 g/mol. The van der Waals surface area contributed by atoms with E-state index in [1.165, 1.54) is 142 Å². The van der Waals surface area contributed by atoms with Crippen molar-refractivity contribution in [1.82, 2.24) is 0 Å². The Hall–Kier alpha value is -0.830. The Kier molecular flexibility index (Phi) is 26.7.